The molecule has 0 aliphatic rings. The number of amides is 1. The smallest absolute Gasteiger partial charge is 0.248 e. The second-order valence-electron chi connectivity index (χ2n) is 4.89. The molecule has 1 amide bonds. The van der Waals surface area contributed by atoms with Crippen molar-refractivity contribution in [2.75, 3.05) is 19.5 Å². The van der Waals surface area contributed by atoms with Crippen molar-refractivity contribution in [2.45, 2.75) is 6.92 Å². The van der Waals surface area contributed by atoms with Crippen molar-refractivity contribution in [3.8, 4) is 11.5 Å². The Balaban J connectivity index is 2.13. The number of carbonyl (C=O) groups excluding carboxylic acids is 1. The molecule has 0 bridgehead atoms. The molecule has 0 aromatic heterocycles. The Morgan fingerprint density at radius 2 is 1.91 bits per heavy atom. The van der Waals surface area contributed by atoms with Gasteiger partial charge < -0.3 is 14.8 Å². The molecule has 2 aromatic rings. The number of anilines is 1. The number of rotatable bonds is 5. The van der Waals surface area contributed by atoms with Gasteiger partial charge in [0.15, 0.2) is 0 Å². The van der Waals surface area contributed by atoms with E-state index in [4.69, 9.17) is 9.47 Å². The van der Waals surface area contributed by atoms with E-state index in [2.05, 4.69) is 21.2 Å². The molecule has 2 aromatic carbocycles. The highest BCUT2D eigenvalue weighted by Crippen LogP contribution is 2.25. The van der Waals surface area contributed by atoms with Crippen molar-refractivity contribution in [3.05, 3.63) is 58.1 Å². The number of hydrogen-bond donors (Lipinski definition) is 1. The van der Waals surface area contributed by atoms with Gasteiger partial charge in [0.1, 0.15) is 11.5 Å². The highest BCUT2D eigenvalue weighted by molar-refractivity contribution is 9.10. The Morgan fingerprint density at radius 3 is 2.57 bits per heavy atom. The molecule has 0 saturated carbocycles. The van der Waals surface area contributed by atoms with E-state index >= 15 is 0 Å². The zero-order valence-corrected chi connectivity index (χ0v) is 14.8. The van der Waals surface area contributed by atoms with Gasteiger partial charge >= 0.3 is 0 Å². The van der Waals surface area contributed by atoms with E-state index in [9.17, 15) is 4.79 Å². The van der Waals surface area contributed by atoms with Crippen LogP contribution >= 0.6 is 15.9 Å². The van der Waals surface area contributed by atoms with Crippen molar-refractivity contribution in [1.82, 2.24) is 0 Å². The standard InChI is InChI=1S/C18H18BrNO3/c1-12-4-6-14(11-16(12)19)20-18(21)9-5-13-10-15(22-2)7-8-17(13)23-3/h4-11H,1-3H3,(H,20,21)/b9-5+. The minimum absolute atomic E-state index is 0.217. The molecule has 0 spiro atoms. The number of halogens is 1. The fourth-order valence-electron chi connectivity index (χ4n) is 1.99. The van der Waals surface area contributed by atoms with Crippen LogP contribution in [0.4, 0.5) is 5.69 Å². The highest BCUT2D eigenvalue weighted by atomic mass is 79.9. The average Bonchev–Trinajstić information content (AvgIpc) is 2.56. The highest BCUT2D eigenvalue weighted by Gasteiger charge is 2.04. The fourth-order valence-corrected chi connectivity index (χ4v) is 2.37. The lowest BCUT2D eigenvalue weighted by Crippen LogP contribution is -2.07. The van der Waals surface area contributed by atoms with Crippen LogP contribution in [0, 0.1) is 6.92 Å². The summed E-state index contributed by atoms with van der Waals surface area (Å²) in [4.78, 5) is 12.1. The van der Waals surface area contributed by atoms with Gasteiger partial charge in [0.05, 0.1) is 14.2 Å². The molecule has 0 heterocycles. The summed E-state index contributed by atoms with van der Waals surface area (Å²) in [7, 11) is 3.18. The topological polar surface area (TPSA) is 47.6 Å². The summed E-state index contributed by atoms with van der Waals surface area (Å²) in [6, 6.07) is 11.1. The van der Waals surface area contributed by atoms with E-state index in [0.717, 1.165) is 21.3 Å². The second-order valence-corrected chi connectivity index (χ2v) is 5.75. The van der Waals surface area contributed by atoms with Gasteiger partial charge in [-0.15, -0.1) is 0 Å². The number of benzene rings is 2. The number of nitrogens with one attached hydrogen (secondary N) is 1. The number of carbonyl (C=O) groups is 1. The maximum atomic E-state index is 12.1. The minimum atomic E-state index is -0.217. The molecule has 0 saturated heterocycles. The van der Waals surface area contributed by atoms with Crippen molar-refractivity contribution < 1.29 is 14.3 Å². The third-order valence-electron chi connectivity index (χ3n) is 3.29. The average molecular weight is 376 g/mol. The first-order chi connectivity index (χ1) is 11.0. The van der Waals surface area contributed by atoms with Crippen molar-refractivity contribution in [2.24, 2.45) is 0 Å². The quantitative estimate of drug-likeness (QED) is 0.786. The number of methoxy groups -OCH3 is 2. The number of ether oxygens (including phenoxy) is 2. The van der Waals surface area contributed by atoms with E-state index in [-0.39, 0.29) is 5.91 Å². The van der Waals surface area contributed by atoms with Crippen LogP contribution in [0.15, 0.2) is 46.9 Å². The summed E-state index contributed by atoms with van der Waals surface area (Å²) in [6.45, 7) is 1.99. The zero-order valence-electron chi connectivity index (χ0n) is 13.2. The Bertz CT molecular complexity index is 741. The first kappa shape index (κ1) is 17.1. The van der Waals surface area contributed by atoms with Gasteiger partial charge in [-0.05, 0) is 48.9 Å². The van der Waals surface area contributed by atoms with Crippen LogP contribution in [0.25, 0.3) is 6.08 Å². The second kappa shape index (κ2) is 7.83. The van der Waals surface area contributed by atoms with Gasteiger partial charge in [0, 0.05) is 21.8 Å². The van der Waals surface area contributed by atoms with E-state index in [1.807, 2.05) is 31.2 Å². The molecule has 5 heteroatoms. The van der Waals surface area contributed by atoms with Gasteiger partial charge in [0.2, 0.25) is 5.91 Å². The van der Waals surface area contributed by atoms with Crippen LogP contribution in [0.1, 0.15) is 11.1 Å². The predicted octanol–water partition coefficient (Wildman–Crippen LogP) is 4.43. The Labute approximate surface area is 144 Å². The summed E-state index contributed by atoms with van der Waals surface area (Å²) < 4.78 is 11.4. The lowest BCUT2D eigenvalue weighted by molar-refractivity contribution is -0.111. The summed E-state index contributed by atoms with van der Waals surface area (Å²) in [5, 5.41) is 2.82. The first-order valence-corrected chi connectivity index (χ1v) is 7.80. The van der Waals surface area contributed by atoms with Crippen LogP contribution in [0.3, 0.4) is 0 Å². The lowest BCUT2D eigenvalue weighted by atomic mass is 10.1. The van der Waals surface area contributed by atoms with Gasteiger partial charge in [-0.25, -0.2) is 0 Å². The molecule has 0 radical (unpaired) electrons. The molecular formula is C18H18BrNO3. The van der Waals surface area contributed by atoms with E-state index in [1.54, 1.807) is 32.4 Å². The van der Waals surface area contributed by atoms with Gasteiger partial charge in [-0.3, -0.25) is 4.79 Å². The molecule has 1 N–H and O–H groups in total. The maximum Gasteiger partial charge on any atom is 0.248 e. The van der Waals surface area contributed by atoms with E-state index < -0.39 is 0 Å². The Kier molecular flexibility index (Phi) is 5.82. The van der Waals surface area contributed by atoms with Crippen LogP contribution in [-0.2, 0) is 4.79 Å². The van der Waals surface area contributed by atoms with Crippen LogP contribution in [0.5, 0.6) is 11.5 Å². The molecule has 120 valence electrons. The van der Waals surface area contributed by atoms with Gasteiger partial charge in [-0.2, -0.15) is 0 Å². The molecule has 0 aliphatic heterocycles. The zero-order chi connectivity index (χ0) is 16.8. The Hall–Kier alpha value is -2.27. The largest absolute Gasteiger partial charge is 0.497 e. The van der Waals surface area contributed by atoms with E-state index in [1.165, 1.54) is 6.08 Å². The molecule has 0 unspecified atom stereocenters. The van der Waals surface area contributed by atoms with Gasteiger partial charge in [0.25, 0.3) is 0 Å². The molecule has 4 nitrogen and oxygen atoms in total. The summed E-state index contributed by atoms with van der Waals surface area (Å²) in [6.07, 6.45) is 3.16. The first-order valence-electron chi connectivity index (χ1n) is 7.00. The van der Waals surface area contributed by atoms with Crippen molar-refractivity contribution >= 4 is 33.6 Å². The molecule has 0 atom stereocenters. The molecule has 0 aliphatic carbocycles. The van der Waals surface area contributed by atoms with Crippen molar-refractivity contribution in [1.29, 1.82) is 0 Å². The molecular weight excluding hydrogens is 358 g/mol. The van der Waals surface area contributed by atoms with Gasteiger partial charge in [-0.1, -0.05) is 22.0 Å². The monoisotopic (exact) mass is 375 g/mol. The third kappa shape index (κ3) is 4.60. The summed E-state index contributed by atoms with van der Waals surface area (Å²) in [5.41, 5.74) is 2.61. The minimum Gasteiger partial charge on any atom is -0.497 e. The number of aryl methyl sites for hydroxylation is 1. The van der Waals surface area contributed by atoms with Crippen molar-refractivity contribution in [3.63, 3.8) is 0 Å². The molecule has 23 heavy (non-hydrogen) atoms. The van der Waals surface area contributed by atoms with Crippen LogP contribution < -0.4 is 14.8 Å². The maximum absolute atomic E-state index is 12.1. The number of hydrogen-bond acceptors (Lipinski definition) is 3. The SMILES string of the molecule is COc1ccc(OC)c(/C=C/C(=O)Nc2ccc(C)c(Br)c2)c1. The third-order valence-corrected chi connectivity index (χ3v) is 4.14. The predicted molar refractivity (Wildman–Crippen MR) is 96.1 cm³/mol. The summed E-state index contributed by atoms with van der Waals surface area (Å²) in [5.74, 6) is 1.16. The van der Waals surface area contributed by atoms with E-state index in [0.29, 0.717) is 11.5 Å². The lowest BCUT2D eigenvalue weighted by Gasteiger charge is -2.07. The van der Waals surface area contributed by atoms with Crippen LogP contribution in [0.2, 0.25) is 0 Å². The molecule has 2 rings (SSSR count). The fraction of sp³-hybridized carbons (Fsp3) is 0.167. The Morgan fingerprint density at radius 1 is 1.13 bits per heavy atom. The van der Waals surface area contributed by atoms with Crippen LogP contribution in [-0.4, -0.2) is 20.1 Å². The molecule has 0 fully saturated rings. The summed E-state index contributed by atoms with van der Waals surface area (Å²) >= 11 is 3.45. The normalized spacial score (nSPS) is 10.6.